The number of thioether (sulfide) groups is 1. The standard InChI is InChI=1S/C17H18N2O3S2/c1-24(21,22)19-10-4-5-13-11-14(7-8-15(13)19)16(20)12-23-17-6-2-3-9-18-17/h2-3,6-9,11H,4-5,10,12H2,1H3. The molecule has 0 unspecified atom stereocenters. The summed E-state index contributed by atoms with van der Waals surface area (Å²) in [5.41, 5.74) is 2.23. The minimum absolute atomic E-state index is 0.0185. The van der Waals surface area contributed by atoms with Gasteiger partial charge in [0.25, 0.3) is 0 Å². The van der Waals surface area contributed by atoms with E-state index >= 15 is 0 Å². The van der Waals surface area contributed by atoms with Crippen LogP contribution in [0.5, 0.6) is 0 Å². The third-order valence-electron chi connectivity index (χ3n) is 3.87. The second-order valence-electron chi connectivity index (χ2n) is 5.66. The Labute approximate surface area is 146 Å². The number of Topliss-reactive ketones (excluding diaryl/α,β-unsaturated/α-hetero) is 1. The maximum Gasteiger partial charge on any atom is 0.232 e. The summed E-state index contributed by atoms with van der Waals surface area (Å²) in [5.74, 6) is 0.330. The molecule has 0 saturated heterocycles. The number of benzene rings is 1. The number of anilines is 1. The minimum Gasteiger partial charge on any atom is -0.293 e. The number of sulfonamides is 1. The van der Waals surface area contributed by atoms with Crippen molar-refractivity contribution < 1.29 is 13.2 Å². The molecule has 1 aromatic carbocycles. The molecular formula is C17H18N2O3S2. The largest absolute Gasteiger partial charge is 0.293 e. The van der Waals surface area contributed by atoms with Crippen LogP contribution < -0.4 is 4.31 Å². The summed E-state index contributed by atoms with van der Waals surface area (Å²) in [6.07, 6.45) is 4.46. The fourth-order valence-electron chi connectivity index (χ4n) is 2.74. The summed E-state index contributed by atoms with van der Waals surface area (Å²) in [4.78, 5) is 16.6. The van der Waals surface area contributed by atoms with Gasteiger partial charge in [0, 0.05) is 18.3 Å². The van der Waals surface area contributed by atoms with Crippen molar-refractivity contribution in [2.24, 2.45) is 0 Å². The third kappa shape index (κ3) is 3.79. The zero-order valence-electron chi connectivity index (χ0n) is 13.3. The summed E-state index contributed by atoms with van der Waals surface area (Å²) >= 11 is 1.40. The van der Waals surface area contributed by atoms with Gasteiger partial charge in [-0.1, -0.05) is 17.8 Å². The average molecular weight is 362 g/mol. The van der Waals surface area contributed by atoms with Crippen LogP contribution in [0.2, 0.25) is 0 Å². The molecule has 0 saturated carbocycles. The summed E-state index contributed by atoms with van der Waals surface area (Å²) in [7, 11) is -3.28. The lowest BCUT2D eigenvalue weighted by Gasteiger charge is -2.29. The third-order valence-corrected chi connectivity index (χ3v) is 5.99. The van der Waals surface area contributed by atoms with Crippen LogP contribution in [0.4, 0.5) is 5.69 Å². The van der Waals surface area contributed by atoms with E-state index in [9.17, 15) is 13.2 Å². The molecule has 0 spiro atoms. The van der Waals surface area contributed by atoms with E-state index in [0.29, 0.717) is 23.5 Å². The second kappa shape index (κ2) is 6.94. The van der Waals surface area contributed by atoms with Gasteiger partial charge in [-0.05, 0) is 48.7 Å². The Morgan fingerprint density at radius 1 is 1.29 bits per heavy atom. The highest BCUT2D eigenvalue weighted by molar-refractivity contribution is 7.99. The van der Waals surface area contributed by atoms with Crippen molar-refractivity contribution in [3.8, 4) is 0 Å². The molecule has 2 heterocycles. The highest BCUT2D eigenvalue weighted by Gasteiger charge is 2.24. The van der Waals surface area contributed by atoms with Crippen molar-refractivity contribution in [3.63, 3.8) is 0 Å². The van der Waals surface area contributed by atoms with E-state index in [1.165, 1.54) is 22.3 Å². The Morgan fingerprint density at radius 2 is 2.12 bits per heavy atom. The van der Waals surface area contributed by atoms with Crippen LogP contribution in [-0.4, -0.2) is 37.7 Å². The van der Waals surface area contributed by atoms with Gasteiger partial charge in [-0.25, -0.2) is 13.4 Å². The maximum absolute atomic E-state index is 12.4. The number of hydrogen-bond acceptors (Lipinski definition) is 5. The van der Waals surface area contributed by atoms with E-state index in [1.807, 2.05) is 24.3 Å². The van der Waals surface area contributed by atoms with E-state index < -0.39 is 10.0 Å². The molecule has 5 nitrogen and oxygen atoms in total. The van der Waals surface area contributed by atoms with E-state index in [-0.39, 0.29) is 5.78 Å². The average Bonchev–Trinajstić information content (AvgIpc) is 2.58. The summed E-state index contributed by atoms with van der Waals surface area (Å²) in [6, 6.07) is 10.9. The molecular weight excluding hydrogens is 344 g/mol. The molecule has 3 rings (SSSR count). The first-order chi connectivity index (χ1) is 11.4. The quantitative estimate of drug-likeness (QED) is 0.604. The number of carbonyl (C=O) groups is 1. The van der Waals surface area contributed by atoms with E-state index in [1.54, 1.807) is 18.3 Å². The molecule has 0 aliphatic carbocycles. The highest BCUT2D eigenvalue weighted by Crippen LogP contribution is 2.30. The van der Waals surface area contributed by atoms with Crippen molar-refractivity contribution in [1.82, 2.24) is 4.98 Å². The molecule has 0 atom stereocenters. The van der Waals surface area contributed by atoms with E-state index in [0.717, 1.165) is 23.4 Å². The number of aryl methyl sites for hydroxylation is 1. The molecule has 7 heteroatoms. The number of pyridine rings is 1. The Balaban J connectivity index is 1.77. The zero-order chi connectivity index (χ0) is 17.2. The predicted octanol–water partition coefficient (Wildman–Crippen LogP) is 2.77. The molecule has 0 amide bonds. The first-order valence-electron chi connectivity index (χ1n) is 7.63. The lowest BCUT2D eigenvalue weighted by atomic mass is 9.99. The SMILES string of the molecule is CS(=O)(=O)N1CCCc2cc(C(=O)CSc3ccccn3)ccc21. The van der Waals surface area contributed by atoms with Crippen LogP contribution >= 0.6 is 11.8 Å². The number of hydrogen-bond donors (Lipinski definition) is 0. The molecule has 0 fully saturated rings. The van der Waals surface area contributed by atoms with Gasteiger partial charge in [0.15, 0.2) is 5.78 Å². The van der Waals surface area contributed by atoms with Gasteiger partial charge < -0.3 is 0 Å². The fourth-order valence-corrected chi connectivity index (χ4v) is 4.49. The van der Waals surface area contributed by atoms with Crippen LogP contribution in [0.1, 0.15) is 22.3 Å². The van der Waals surface area contributed by atoms with Crippen molar-refractivity contribution >= 4 is 33.3 Å². The van der Waals surface area contributed by atoms with Crippen molar-refractivity contribution in [3.05, 3.63) is 53.7 Å². The van der Waals surface area contributed by atoms with Crippen LogP contribution in [0.15, 0.2) is 47.6 Å². The maximum atomic E-state index is 12.4. The molecule has 0 N–H and O–H groups in total. The zero-order valence-corrected chi connectivity index (χ0v) is 14.9. The minimum atomic E-state index is -3.28. The van der Waals surface area contributed by atoms with Crippen LogP contribution in [0.25, 0.3) is 0 Å². The topological polar surface area (TPSA) is 67.3 Å². The van der Waals surface area contributed by atoms with Gasteiger partial charge in [-0.2, -0.15) is 0 Å². The van der Waals surface area contributed by atoms with E-state index in [2.05, 4.69) is 4.98 Å². The monoisotopic (exact) mass is 362 g/mol. The summed E-state index contributed by atoms with van der Waals surface area (Å²) < 4.78 is 25.2. The number of rotatable bonds is 5. The second-order valence-corrected chi connectivity index (χ2v) is 8.56. The van der Waals surface area contributed by atoms with Gasteiger partial charge >= 0.3 is 0 Å². The van der Waals surface area contributed by atoms with Gasteiger partial charge in [-0.15, -0.1) is 0 Å². The molecule has 24 heavy (non-hydrogen) atoms. The summed E-state index contributed by atoms with van der Waals surface area (Å²) in [5, 5.41) is 0.812. The van der Waals surface area contributed by atoms with Gasteiger partial charge in [-0.3, -0.25) is 9.10 Å². The first kappa shape index (κ1) is 17.0. The molecule has 1 aliphatic heterocycles. The smallest absolute Gasteiger partial charge is 0.232 e. The Bertz CT molecular complexity index is 851. The van der Waals surface area contributed by atoms with Crippen LogP contribution in [0, 0.1) is 0 Å². The molecule has 126 valence electrons. The Morgan fingerprint density at radius 3 is 2.83 bits per heavy atom. The molecule has 0 radical (unpaired) electrons. The van der Waals surface area contributed by atoms with Crippen LogP contribution in [0.3, 0.4) is 0 Å². The number of aromatic nitrogens is 1. The molecule has 0 bridgehead atoms. The lowest BCUT2D eigenvalue weighted by Crippen LogP contribution is -2.34. The fraction of sp³-hybridized carbons (Fsp3) is 0.294. The lowest BCUT2D eigenvalue weighted by molar-refractivity contribution is 0.102. The van der Waals surface area contributed by atoms with Gasteiger partial charge in [0.2, 0.25) is 10.0 Å². The number of fused-ring (bicyclic) bond motifs is 1. The Hall–Kier alpha value is -1.86. The summed E-state index contributed by atoms with van der Waals surface area (Å²) in [6.45, 7) is 0.495. The van der Waals surface area contributed by atoms with Crippen molar-refractivity contribution in [2.45, 2.75) is 17.9 Å². The molecule has 1 aromatic heterocycles. The van der Waals surface area contributed by atoms with Crippen LogP contribution in [-0.2, 0) is 16.4 Å². The number of ketones is 1. The van der Waals surface area contributed by atoms with Crippen molar-refractivity contribution in [2.75, 3.05) is 22.9 Å². The van der Waals surface area contributed by atoms with Gasteiger partial charge in [0.1, 0.15) is 0 Å². The first-order valence-corrected chi connectivity index (χ1v) is 10.5. The molecule has 1 aliphatic rings. The van der Waals surface area contributed by atoms with Gasteiger partial charge in [0.05, 0.1) is 22.7 Å². The van der Waals surface area contributed by atoms with E-state index in [4.69, 9.17) is 0 Å². The number of carbonyl (C=O) groups excluding carboxylic acids is 1. The Kier molecular flexibility index (Phi) is 4.91. The van der Waals surface area contributed by atoms with Crippen molar-refractivity contribution in [1.29, 1.82) is 0 Å². The predicted molar refractivity (Wildman–Crippen MR) is 96.2 cm³/mol. The number of nitrogens with zero attached hydrogens (tertiary/aromatic N) is 2. The molecule has 2 aromatic rings. The highest BCUT2D eigenvalue weighted by atomic mass is 32.2. The normalized spacial score (nSPS) is 14.3.